The number of rotatable bonds is 0. The summed E-state index contributed by atoms with van der Waals surface area (Å²) in [4.78, 5) is 0. The molecule has 0 bridgehead atoms. The molecule has 1 unspecified atom stereocenters. The largest absolute Gasteiger partial charge is 0.376 e. The van der Waals surface area contributed by atoms with E-state index in [1.807, 2.05) is 12.1 Å². The highest BCUT2D eigenvalue weighted by atomic mass is 35.5. The summed E-state index contributed by atoms with van der Waals surface area (Å²) in [5.41, 5.74) is 2.31. The smallest absolute Gasteiger partial charge is 0.0720 e. The van der Waals surface area contributed by atoms with Crippen LogP contribution in [0.25, 0.3) is 0 Å². The molecule has 1 aliphatic heterocycles. The molecule has 70 valence electrons. The average Bonchev–Trinajstić information content (AvgIpc) is 2.12. The van der Waals surface area contributed by atoms with Crippen molar-refractivity contribution in [3.63, 3.8) is 0 Å². The van der Waals surface area contributed by atoms with E-state index in [0.717, 1.165) is 17.7 Å². The predicted octanol–water partition coefficient (Wildman–Crippen LogP) is 3.63. The summed E-state index contributed by atoms with van der Waals surface area (Å²) in [5, 5.41) is 1.32. The number of fused-ring (bicyclic) bond motifs is 1. The third-order valence-electron chi connectivity index (χ3n) is 2.34. The molecule has 13 heavy (non-hydrogen) atoms. The monoisotopic (exact) mass is 216 g/mol. The SMILES string of the molecule is CC1COCc2ccc(Cl)c(Cl)c21. The van der Waals surface area contributed by atoms with Crippen molar-refractivity contribution in [2.75, 3.05) is 6.61 Å². The number of ether oxygens (including phenoxy) is 1. The zero-order chi connectivity index (χ0) is 9.42. The van der Waals surface area contributed by atoms with Crippen molar-refractivity contribution in [1.82, 2.24) is 0 Å². The molecule has 1 heterocycles. The lowest BCUT2D eigenvalue weighted by molar-refractivity contribution is 0.0951. The average molecular weight is 217 g/mol. The van der Waals surface area contributed by atoms with Crippen LogP contribution in [0.15, 0.2) is 12.1 Å². The Hall–Kier alpha value is -0.240. The molecule has 0 spiro atoms. The van der Waals surface area contributed by atoms with Gasteiger partial charge in [-0.2, -0.15) is 0 Å². The standard InChI is InChI=1S/C10H10Cl2O/c1-6-4-13-5-7-2-3-8(11)10(12)9(6)7/h2-3,6H,4-5H2,1H3. The van der Waals surface area contributed by atoms with Gasteiger partial charge in [-0.05, 0) is 17.2 Å². The van der Waals surface area contributed by atoms with Crippen LogP contribution >= 0.6 is 23.2 Å². The van der Waals surface area contributed by atoms with E-state index in [1.54, 1.807) is 0 Å². The van der Waals surface area contributed by atoms with Crippen molar-refractivity contribution in [2.24, 2.45) is 0 Å². The molecule has 0 saturated carbocycles. The van der Waals surface area contributed by atoms with Crippen molar-refractivity contribution in [3.05, 3.63) is 33.3 Å². The quantitative estimate of drug-likeness (QED) is 0.644. The summed E-state index contributed by atoms with van der Waals surface area (Å²) in [6.45, 7) is 3.48. The highest BCUT2D eigenvalue weighted by Gasteiger charge is 2.20. The van der Waals surface area contributed by atoms with Gasteiger partial charge in [-0.25, -0.2) is 0 Å². The Balaban J connectivity index is 2.58. The first kappa shape index (κ1) is 9.32. The highest BCUT2D eigenvalue weighted by molar-refractivity contribution is 6.42. The number of hydrogen-bond donors (Lipinski definition) is 0. The Morgan fingerprint density at radius 2 is 2.15 bits per heavy atom. The van der Waals surface area contributed by atoms with Gasteiger partial charge in [0.25, 0.3) is 0 Å². The molecule has 2 rings (SSSR count). The van der Waals surface area contributed by atoms with Gasteiger partial charge in [0.15, 0.2) is 0 Å². The normalized spacial score (nSPS) is 21.3. The third-order valence-corrected chi connectivity index (χ3v) is 3.16. The molecule has 0 aromatic heterocycles. The minimum atomic E-state index is 0.343. The van der Waals surface area contributed by atoms with Crippen LogP contribution in [0.3, 0.4) is 0 Å². The van der Waals surface area contributed by atoms with Crippen LogP contribution in [-0.4, -0.2) is 6.61 Å². The Bertz CT molecular complexity index is 336. The van der Waals surface area contributed by atoms with Gasteiger partial charge < -0.3 is 4.74 Å². The second-order valence-corrected chi connectivity index (χ2v) is 4.14. The second-order valence-electron chi connectivity index (χ2n) is 3.35. The molecule has 1 nitrogen and oxygen atoms in total. The fourth-order valence-corrected chi connectivity index (χ4v) is 2.23. The van der Waals surface area contributed by atoms with Crippen LogP contribution in [0.2, 0.25) is 10.0 Å². The molecule has 1 aromatic rings. The first-order chi connectivity index (χ1) is 6.20. The van der Waals surface area contributed by atoms with Crippen molar-refractivity contribution in [1.29, 1.82) is 0 Å². The summed E-state index contributed by atoms with van der Waals surface area (Å²) in [6.07, 6.45) is 0. The minimum Gasteiger partial charge on any atom is -0.376 e. The Labute approximate surface area is 87.6 Å². The summed E-state index contributed by atoms with van der Waals surface area (Å²) >= 11 is 12.1. The summed E-state index contributed by atoms with van der Waals surface area (Å²) < 4.78 is 5.40. The van der Waals surface area contributed by atoms with E-state index in [-0.39, 0.29) is 0 Å². The lowest BCUT2D eigenvalue weighted by Crippen LogP contribution is -2.14. The van der Waals surface area contributed by atoms with E-state index >= 15 is 0 Å². The maximum absolute atomic E-state index is 6.12. The number of hydrogen-bond acceptors (Lipinski definition) is 1. The fraction of sp³-hybridized carbons (Fsp3) is 0.400. The van der Waals surface area contributed by atoms with Crippen LogP contribution in [0.1, 0.15) is 24.0 Å². The molecule has 1 aromatic carbocycles. The van der Waals surface area contributed by atoms with Crippen LogP contribution < -0.4 is 0 Å². The van der Waals surface area contributed by atoms with Gasteiger partial charge >= 0.3 is 0 Å². The van der Waals surface area contributed by atoms with Crippen LogP contribution in [0.4, 0.5) is 0 Å². The van der Waals surface area contributed by atoms with E-state index in [2.05, 4.69) is 6.92 Å². The van der Waals surface area contributed by atoms with Gasteiger partial charge in [0.2, 0.25) is 0 Å². The van der Waals surface area contributed by atoms with Gasteiger partial charge in [0.05, 0.1) is 23.3 Å². The molecule has 0 amide bonds. The molecule has 0 saturated heterocycles. The van der Waals surface area contributed by atoms with E-state index < -0.39 is 0 Å². The zero-order valence-electron chi connectivity index (χ0n) is 7.31. The third kappa shape index (κ3) is 1.56. The van der Waals surface area contributed by atoms with Gasteiger partial charge in [-0.15, -0.1) is 0 Å². The van der Waals surface area contributed by atoms with E-state index in [0.29, 0.717) is 22.6 Å². The summed E-state index contributed by atoms with van der Waals surface area (Å²) in [7, 11) is 0. The fourth-order valence-electron chi connectivity index (χ4n) is 1.69. The van der Waals surface area contributed by atoms with Crippen molar-refractivity contribution in [3.8, 4) is 0 Å². The first-order valence-corrected chi connectivity index (χ1v) is 5.00. The molecule has 0 fully saturated rings. The molecule has 3 heteroatoms. The molecular formula is C10H10Cl2O. The Morgan fingerprint density at radius 3 is 2.92 bits per heavy atom. The highest BCUT2D eigenvalue weighted by Crippen LogP contribution is 2.36. The number of halogens is 2. The maximum atomic E-state index is 6.12. The van der Waals surface area contributed by atoms with Gasteiger partial charge in [0, 0.05) is 5.92 Å². The predicted molar refractivity (Wildman–Crippen MR) is 54.5 cm³/mol. The summed E-state index contributed by atoms with van der Waals surface area (Å²) in [6, 6.07) is 3.81. The Morgan fingerprint density at radius 1 is 1.38 bits per heavy atom. The summed E-state index contributed by atoms with van der Waals surface area (Å²) in [5.74, 6) is 0.343. The Kier molecular flexibility index (Phi) is 2.50. The van der Waals surface area contributed by atoms with Crippen molar-refractivity contribution >= 4 is 23.2 Å². The van der Waals surface area contributed by atoms with Crippen LogP contribution in [0, 0.1) is 0 Å². The van der Waals surface area contributed by atoms with Crippen LogP contribution in [-0.2, 0) is 11.3 Å². The van der Waals surface area contributed by atoms with Crippen molar-refractivity contribution in [2.45, 2.75) is 19.4 Å². The van der Waals surface area contributed by atoms with E-state index in [4.69, 9.17) is 27.9 Å². The maximum Gasteiger partial charge on any atom is 0.0720 e. The van der Waals surface area contributed by atoms with Gasteiger partial charge in [-0.1, -0.05) is 36.2 Å². The van der Waals surface area contributed by atoms with Gasteiger partial charge in [0.1, 0.15) is 0 Å². The second kappa shape index (κ2) is 3.49. The number of benzene rings is 1. The van der Waals surface area contributed by atoms with Crippen LogP contribution in [0.5, 0.6) is 0 Å². The lowest BCUT2D eigenvalue weighted by atomic mass is 9.94. The van der Waals surface area contributed by atoms with Crippen molar-refractivity contribution < 1.29 is 4.74 Å². The van der Waals surface area contributed by atoms with Gasteiger partial charge in [-0.3, -0.25) is 0 Å². The lowest BCUT2D eigenvalue weighted by Gasteiger charge is -2.24. The molecule has 1 atom stereocenters. The molecule has 0 radical (unpaired) electrons. The molecule has 0 N–H and O–H groups in total. The molecular weight excluding hydrogens is 207 g/mol. The minimum absolute atomic E-state index is 0.343. The molecule has 1 aliphatic rings. The van der Waals surface area contributed by atoms with E-state index in [1.165, 1.54) is 0 Å². The topological polar surface area (TPSA) is 9.23 Å². The first-order valence-electron chi connectivity index (χ1n) is 4.24. The van der Waals surface area contributed by atoms with E-state index in [9.17, 15) is 0 Å². The molecule has 0 aliphatic carbocycles. The zero-order valence-corrected chi connectivity index (χ0v) is 8.82.